The fraction of sp³-hybridized carbons (Fsp3) is 0.188. The SMILES string of the molecule is Cc1cc(C)c(-c2ccccc2)c(C)c1C(=O)[P+](=O)[O-]. The Morgan fingerprint density at radius 3 is 2.20 bits per heavy atom. The molecule has 2 aromatic carbocycles. The summed E-state index contributed by atoms with van der Waals surface area (Å²) in [7, 11) is -3.10. The van der Waals surface area contributed by atoms with Crippen LogP contribution in [-0.2, 0) is 4.57 Å². The number of aryl methyl sites for hydroxylation is 2. The van der Waals surface area contributed by atoms with Crippen LogP contribution < -0.4 is 4.89 Å². The molecule has 20 heavy (non-hydrogen) atoms. The fourth-order valence-corrected chi connectivity index (χ4v) is 3.18. The number of rotatable bonds is 3. The van der Waals surface area contributed by atoms with E-state index in [0.29, 0.717) is 11.1 Å². The molecule has 0 heterocycles. The van der Waals surface area contributed by atoms with E-state index < -0.39 is 13.6 Å². The maximum absolute atomic E-state index is 11.9. The van der Waals surface area contributed by atoms with Gasteiger partial charge in [-0.15, -0.1) is 0 Å². The van der Waals surface area contributed by atoms with Gasteiger partial charge in [0.25, 0.3) is 0 Å². The molecule has 4 heteroatoms. The molecule has 2 rings (SSSR count). The average Bonchev–Trinajstić information content (AvgIpc) is 2.39. The van der Waals surface area contributed by atoms with Crippen LogP contribution in [0.15, 0.2) is 36.4 Å². The van der Waals surface area contributed by atoms with Gasteiger partial charge in [0.05, 0.1) is 5.56 Å². The lowest BCUT2D eigenvalue weighted by molar-refractivity contribution is -0.161. The lowest BCUT2D eigenvalue weighted by Crippen LogP contribution is -2.07. The van der Waals surface area contributed by atoms with E-state index in [9.17, 15) is 14.3 Å². The Labute approximate surface area is 119 Å². The summed E-state index contributed by atoms with van der Waals surface area (Å²) in [6.07, 6.45) is 0. The van der Waals surface area contributed by atoms with E-state index in [4.69, 9.17) is 0 Å². The first-order valence-electron chi connectivity index (χ1n) is 6.28. The Bertz CT molecular complexity index is 691. The van der Waals surface area contributed by atoms with Crippen molar-refractivity contribution in [1.29, 1.82) is 0 Å². The predicted molar refractivity (Wildman–Crippen MR) is 78.0 cm³/mol. The van der Waals surface area contributed by atoms with Crippen LogP contribution in [0.5, 0.6) is 0 Å². The smallest absolute Gasteiger partial charge is 0.393 e. The quantitative estimate of drug-likeness (QED) is 0.811. The Balaban J connectivity index is 2.75. The number of carbonyl (C=O) groups is 1. The first-order valence-corrected chi connectivity index (χ1v) is 7.46. The van der Waals surface area contributed by atoms with E-state index in [0.717, 1.165) is 22.3 Å². The minimum atomic E-state index is -3.10. The third-order valence-corrected chi connectivity index (χ3v) is 3.97. The Morgan fingerprint density at radius 1 is 1.05 bits per heavy atom. The molecule has 0 fully saturated rings. The van der Waals surface area contributed by atoms with Crippen LogP contribution in [0.4, 0.5) is 0 Å². The zero-order chi connectivity index (χ0) is 14.9. The Morgan fingerprint density at radius 2 is 1.65 bits per heavy atom. The van der Waals surface area contributed by atoms with Crippen molar-refractivity contribution in [3.8, 4) is 11.1 Å². The van der Waals surface area contributed by atoms with Gasteiger partial charge in [0.2, 0.25) is 0 Å². The van der Waals surface area contributed by atoms with E-state index >= 15 is 0 Å². The van der Waals surface area contributed by atoms with Gasteiger partial charge in [-0.25, -0.2) is 4.79 Å². The molecular formula is C16H15O3P. The van der Waals surface area contributed by atoms with Crippen molar-refractivity contribution in [3.05, 3.63) is 58.7 Å². The highest BCUT2D eigenvalue weighted by Gasteiger charge is 2.26. The van der Waals surface area contributed by atoms with Gasteiger partial charge < -0.3 is 4.89 Å². The molecule has 102 valence electrons. The van der Waals surface area contributed by atoms with Crippen molar-refractivity contribution >= 4 is 13.6 Å². The minimum absolute atomic E-state index is 0.297. The molecule has 0 spiro atoms. The van der Waals surface area contributed by atoms with Crippen molar-refractivity contribution in [1.82, 2.24) is 0 Å². The van der Waals surface area contributed by atoms with Crippen molar-refractivity contribution in [2.24, 2.45) is 0 Å². The molecule has 0 aromatic heterocycles. The molecule has 0 saturated carbocycles. The highest BCUT2D eigenvalue weighted by molar-refractivity contribution is 7.57. The molecule has 1 atom stereocenters. The van der Waals surface area contributed by atoms with Gasteiger partial charge in [-0.2, -0.15) is 0 Å². The van der Waals surface area contributed by atoms with Crippen molar-refractivity contribution in [2.45, 2.75) is 20.8 Å². The van der Waals surface area contributed by atoms with Gasteiger partial charge in [0.1, 0.15) is 0 Å². The average molecular weight is 286 g/mol. The summed E-state index contributed by atoms with van der Waals surface area (Å²) in [5.41, 5.74) is 3.84. The van der Waals surface area contributed by atoms with Crippen LogP contribution in [0.2, 0.25) is 0 Å². The second-order valence-corrected chi connectivity index (χ2v) is 5.73. The molecule has 1 unspecified atom stereocenters. The Kier molecular flexibility index (Phi) is 4.12. The zero-order valence-electron chi connectivity index (χ0n) is 11.6. The molecule has 0 radical (unpaired) electrons. The Hall–Kier alpha value is -1.83. The van der Waals surface area contributed by atoms with E-state index in [1.54, 1.807) is 13.8 Å². The van der Waals surface area contributed by atoms with Crippen molar-refractivity contribution in [2.75, 3.05) is 0 Å². The van der Waals surface area contributed by atoms with E-state index in [2.05, 4.69) is 0 Å². The summed E-state index contributed by atoms with van der Waals surface area (Å²) < 4.78 is 11.0. The molecule has 0 amide bonds. The maximum Gasteiger partial charge on any atom is 0.393 e. The lowest BCUT2D eigenvalue weighted by atomic mass is 9.90. The lowest BCUT2D eigenvalue weighted by Gasteiger charge is -2.14. The van der Waals surface area contributed by atoms with Gasteiger partial charge >= 0.3 is 13.6 Å². The maximum atomic E-state index is 11.9. The van der Waals surface area contributed by atoms with Gasteiger partial charge in [0, 0.05) is 0 Å². The minimum Gasteiger partial charge on any atom is -0.588 e. The molecular weight excluding hydrogens is 271 g/mol. The molecule has 0 aliphatic rings. The molecule has 0 saturated heterocycles. The molecule has 0 aliphatic heterocycles. The summed E-state index contributed by atoms with van der Waals surface area (Å²) in [4.78, 5) is 22.9. The summed E-state index contributed by atoms with van der Waals surface area (Å²) in [6, 6.07) is 11.5. The van der Waals surface area contributed by atoms with Crippen molar-refractivity contribution < 1.29 is 14.3 Å². The first-order chi connectivity index (χ1) is 9.43. The summed E-state index contributed by atoms with van der Waals surface area (Å²) in [5, 5.41) is 0. The monoisotopic (exact) mass is 286 g/mol. The van der Waals surface area contributed by atoms with E-state index in [1.165, 1.54) is 0 Å². The first kappa shape index (κ1) is 14.6. The van der Waals surface area contributed by atoms with Crippen LogP contribution in [0.1, 0.15) is 27.0 Å². The third-order valence-electron chi connectivity index (χ3n) is 3.41. The fourth-order valence-electron chi connectivity index (χ4n) is 2.65. The molecule has 3 nitrogen and oxygen atoms in total. The van der Waals surface area contributed by atoms with Crippen LogP contribution >= 0.6 is 8.03 Å². The standard InChI is InChI=1S/C16H15O3P/c1-10-9-11(2)15(16(17)20(18)19)12(3)14(10)13-7-5-4-6-8-13/h4-9H,1-3H3. The summed E-state index contributed by atoms with van der Waals surface area (Å²) in [5.74, 6) is 0. The topological polar surface area (TPSA) is 57.2 Å². The second kappa shape index (κ2) is 5.66. The molecule has 0 bridgehead atoms. The van der Waals surface area contributed by atoms with Crippen LogP contribution in [0.3, 0.4) is 0 Å². The summed E-state index contributed by atoms with van der Waals surface area (Å²) in [6.45, 7) is 5.53. The summed E-state index contributed by atoms with van der Waals surface area (Å²) >= 11 is 0. The third kappa shape index (κ3) is 2.55. The predicted octanol–water partition coefficient (Wildman–Crippen LogP) is 3.52. The van der Waals surface area contributed by atoms with Gasteiger partial charge in [0.15, 0.2) is 0 Å². The van der Waals surface area contributed by atoms with Gasteiger partial charge in [-0.3, -0.25) is 0 Å². The highest BCUT2D eigenvalue weighted by atomic mass is 31.1. The second-order valence-electron chi connectivity index (χ2n) is 4.81. The molecule has 2 aromatic rings. The molecule has 0 aliphatic carbocycles. The van der Waals surface area contributed by atoms with Crippen LogP contribution in [0.25, 0.3) is 11.1 Å². The molecule has 0 N–H and O–H groups in total. The number of hydrogen-bond acceptors (Lipinski definition) is 3. The zero-order valence-corrected chi connectivity index (χ0v) is 12.5. The van der Waals surface area contributed by atoms with E-state index in [-0.39, 0.29) is 0 Å². The number of benzene rings is 2. The van der Waals surface area contributed by atoms with Crippen LogP contribution in [0, 0.1) is 20.8 Å². The van der Waals surface area contributed by atoms with E-state index in [1.807, 2.05) is 43.3 Å². The highest BCUT2D eigenvalue weighted by Crippen LogP contribution is 2.34. The van der Waals surface area contributed by atoms with Gasteiger partial charge in [-0.1, -0.05) is 41.0 Å². The largest absolute Gasteiger partial charge is 0.588 e. The number of carbonyl (C=O) groups excluding carboxylic acids is 1. The van der Waals surface area contributed by atoms with Crippen LogP contribution in [-0.4, -0.2) is 5.52 Å². The van der Waals surface area contributed by atoms with Crippen molar-refractivity contribution in [3.63, 3.8) is 0 Å². The van der Waals surface area contributed by atoms with Gasteiger partial charge in [-0.05, 0) is 48.6 Å². The number of hydrogen-bond donors (Lipinski definition) is 0. The normalized spacial score (nSPS) is 11.3.